The number of fused-ring (bicyclic) bond motifs is 6. The Balaban J connectivity index is 0.979. The van der Waals surface area contributed by atoms with E-state index in [1.807, 2.05) is 11.0 Å². The first-order valence-corrected chi connectivity index (χ1v) is 23.2. The van der Waals surface area contributed by atoms with E-state index >= 15 is 13.6 Å². The van der Waals surface area contributed by atoms with Gasteiger partial charge in [0.05, 0.1) is 45.8 Å². The zero-order chi connectivity index (χ0) is 46.0. The summed E-state index contributed by atoms with van der Waals surface area (Å²) >= 11 is 0. The number of rotatable bonds is 7. The average molecular weight is 907 g/mol. The van der Waals surface area contributed by atoms with Crippen molar-refractivity contribution in [2.75, 3.05) is 6.61 Å². The Morgan fingerprint density at radius 1 is 0.940 bits per heavy atom. The molecule has 2 bridgehead atoms. The molecular formula is C50H48F2N10O5. The summed E-state index contributed by atoms with van der Waals surface area (Å²) in [5, 5.41) is 14.8. The first-order chi connectivity index (χ1) is 32.2. The Kier molecular flexibility index (Phi) is 8.35. The zero-order valence-electron chi connectivity index (χ0n) is 37.7. The van der Waals surface area contributed by atoms with Crippen molar-refractivity contribution in [2.45, 2.75) is 102 Å². The number of ether oxygens (including phenoxy) is 1. The number of benzene rings is 3. The van der Waals surface area contributed by atoms with Gasteiger partial charge in [-0.3, -0.25) is 28.1 Å². The van der Waals surface area contributed by atoms with Crippen LogP contribution < -0.4 is 11.4 Å². The molecule has 4 fully saturated rings. The summed E-state index contributed by atoms with van der Waals surface area (Å²) in [5.41, 5.74) is 4.55. The lowest BCUT2D eigenvalue weighted by Crippen LogP contribution is -2.45. The first kappa shape index (κ1) is 40.4. The monoisotopic (exact) mass is 906 g/mol. The minimum atomic E-state index is -0.846. The molecule has 2 saturated heterocycles. The molecule has 1 spiro atoms. The molecule has 3 aromatic carbocycles. The number of carbonyl (C=O) groups excluding carboxylic acids is 1. The van der Waals surface area contributed by atoms with Crippen LogP contribution in [-0.4, -0.2) is 72.5 Å². The number of hydrogen-bond donors (Lipinski definition) is 1. The standard InChI is InChI=1S/C50H48F2N10O5/c1-25-18-39-41-34(55-62(32-16-26(2)42(51)27(3)17-32)44(41)59-14-13-58(48(59)65)37-9-8-36-33(43(37)52)24-53-57(36)5)21-38(25)60(39)45(63)40-20-31-19-29(30-10-15-66-49(23-30)11-12-49)6-7-35(31)61(40)50(22-28(50)4)46-54-47(64)67-56-46/h6-9,13-14,16-17,19-20,24-25,28,30,38-39H,10-12,15,18,21-23H2,1-5H3,(H,54,56,64)/t25-,28-,30-,38?,39?,50?/m0/s1. The molecule has 17 heteroatoms. The molecule has 3 unspecified atom stereocenters. The van der Waals surface area contributed by atoms with Gasteiger partial charge in [0.15, 0.2) is 11.6 Å². The molecule has 5 aromatic heterocycles. The van der Waals surface area contributed by atoms with Crippen molar-refractivity contribution >= 4 is 27.7 Å². The van der Waals surface area contributed by atoms with Crippen molar-refractivity contribution in [2.24, 2.45) is 18.9 Å². The second-order valence-corrected chi connectivity index (χ2v) is 20.0. The quantitative estimate of drug-likeness (QED) is 0.172. The lowest BCUT2D eigenvalue weighted by atomic mass is 9.87. The van der Waals surface area contributed by atoms with Gasteiger partial charge in [-0.2, -0.15) is 10.2 Å². The van der Waals surface area contributed by atoms with Crippen molar-refractivity contribution in [1.82, 2.24) is 48.3 Å². The number of nitrogens with zero attached hydrogens (tertiary/aromatic N) is 9. The van der Waals surface area contributed by atoms with E-state index in [1.54, 1.807) is 60.7 Å². The second kappa shape index (κ2) is 13.8. The van der Waals surface area contributed by atoms with E-state index in [1.165, 1.54) is 27.1 Å². The number of amides is 1. The number of H-pyrrole nitrogens is 1. The van der Waals surface area contributed by atoms with E-state index in [-0.39, 0.29) is 46.3 Å². The van der Waals surface area contributed by atoms with Gasteiger partial charge < -0.3 is 14.2 Å². The predicted molar refractivity (Wildman–Crippen MR) is 242 cm³/mol. The van der Waals surface area contributed by atoms with Gasteiger partial charge in [0, 0.05) is 55.0 Å². The maximum atomic E-state index is 16.2. The van der Waals surface area contributed by atoms with E-state index in [9.17, 15) is 9.59 Å². The van der Waals surface area contributed by atoms with Crippen LogP contribution in [0.5, 0.6) is 0 Å². The first-order valence-electron chi connectivity index (χ1n) is 23.2. The van der Waals surface area contributed by atoms with Crippen LogP contribution >= 0.6 is 0 Å². The van der Waals surface area contributed by atoms with Crippen molar-refractivity contribution in [3.05, 3.63) is 139 Å². The van der Waals surface area contributed by atoms with E-state index < -0.39 is 28.8 Å². The fraction of sp³-hybridized carbons (Fsp3) is 0.400. The highest BCUT2D eigenvalue weighted by atomic mass is 19.1. The third-order valence-electron chi connectivity index (χ3n) is 16.0. The largest absolute Gasteiger partial charge is 0.438 e. The predicted octanol–water partition coefficient (Wildman–Crippen LogP) is 7.58. The Hall–Kier alpha value is -6.88. The molecule has 1 N–H and O–H groups in total. The summed E-state index contributed by atoms with van der Waals surface area (Å²) in [6, 6.07) is 14.4. The molecule has 67 heavy (non-hydrogen) atoms. The summed E-state index contributed by atoms with van der Waals surface area (Å²) in [6.07, 6.45) is 10.2. The molecule has 13 rings (SSSR count). The van der Waals surface area contributed by atoms with Crippen LogP contribution in [0.4, 0.5) is 8.78 Å². The van der Waals surface area contributed by atoms with Gasteiger partial charge in [0.2, 0.25) is 0 Å². The number of hydrogen-bond acceptors (Lipinski definition) is 8. The molecule has 0 radical (unpaired) electrons. The third-order valence-corrected chi connectivity index (χ3v) is 16.0. The fourth-order valence-corrected chi connectivity index (χ4v) is 12.3. The Bertz CT molecular complexity index is 3520. The topological polar surface area (TPSA) is 156 Å². The highest BCUT2D eigenvalue weighted by Gasteiger charge is 2.60. The number of aromatic amines is 1. The molecule has 3 aliphatic heterocycles. The van der Waals surface area contributed by atoms with E-state index in [4.69, 9.17) is 14.4 Å². The average Bonchev–Trinajstić information content (AvgIpc) is 3.68. The molecule has 8 aromatic rings. The van der Waals surface area contributed by atoms with Crippen molar-refractivity contribution < 1.29 is 22.8 Å². The number of carbonyl (C=O) groups is 1. The highest BCUT2D eigenvalue weighted by molar-refractivity contribution is 6.00. The molecule has 5 aliphatic rings. The van der Waals surface area contributed by atoms with Crippen molar-refractivity contribution in [1.29, 1.82) is 0 Å². The van der Waals surface area contributed by atoms with Crippen LogP contribution in [0.3, 0.4) is 0 Å². The Morgan fingerprint density at radius 3 is 2.43 bits per heavy atom. The van der Waals surface area contributed by atoms with Gasteiger partial charge in [-0.25, -0.2) is 23.1 Å². The van der Waals surface area contributed by atoms with Crippen LogP contribution in [-0.2, 0) is 23.7 Å². The SMILES string of the molecule is Cc1cc(-n2nc3c(c2-n2ccn(-c4ccc5c(cnn5C)c4F)c2=O)C2C[C@H](C)C(C3)N2C(=O)c2cc3cc([C@H]4CCOC5(CC5)C4)ccc3n2C2(c3noc(=O)[nH]3)C[C@@H]2C)cc(C)c1F. The molecule has 2 saturated carbocycles. The highest BCUT2D eigenvalue weighted by Crippen LogP contribution is 2.57. The van der Waals surface area contributed by atoms with E-state index in [0.29, 0.717) is 70.4 Å². The summed E-state index contributed by atoms with van der Waals surface area (Å²) in [6.45, 7) is 8.33. The molecule has 1 amide bonds. The van der Waals surface area contributed by atoms with Crippen LogP contribution in [0.1, 0.15) is 109 Å². The van der Waals surface area contributed by atoms with Crippen LogP contribution in [0.25, 0.3) is 39.0 Å². The third kappa shape index (κ3) is 5.69. The molecule has 2 aliphatic carbocycles. The zero-order valence-corrected chi connectivity index (χ0v) is 37.7. The van der Waals surface area contributed by atoms with Gasteiger partial charge in [-0.15, -0.1) is 0 Å². The maximum absolute atomic E-state index is 16.2. The lowest BCUT2D eigenvalue weighted by Gasteiger charge is -2.36. The van der Waals surface area contributed by atoms with Gasteiger partial charge >= 0.3 is 11.4 Å². The number of aryl methyl sites for hydroxylation is 3. The summed E-state index contributed by atoms with van der Waals surface area (Å²) < 4.78 is 50.8. The number of halogens is 2. The van der Waals surface area contributed by atoms with E-state index in [0.717, 1.165) is 48.9 Å². The summed E-state index contributed by atoms with van der Waals surface area (Å²) in [7, 11) is 1.73. The molecule has 6 atom stereocenters. The Labute approximate surface area is 381 Å². The Morgan fingerprint density at radius 2 is 1.70 bits per heavy atom. The smallest absolute Gasteiger partial charge is 0.375 e. The van der Waals surface area contributed by atoms with Crippen molar-refractivity contribution in [3.63, 3.8) is 0 Å². The maximum Gasteiger partial charge on any atom is 0.438 e. The lowest BCUT2D eigenvalue weighted by molar-refractivity contribution is -0.0132. The molecule has 8 heterocycles. The second-order valence-electron chi connectivity index (χ2n) is 20.0. The van der Waals surface area contributed by atoms with Crippen LogP contribution in [0.15, 0.2) is 81.2 Å². The number of nitrogens with one attached hydrogen (secondary N) is 1. The van der Waals surface area contributed by atoms with E-state index in [2.05, 4.69) is 51.9 Å². The van der Waals surface area contributed by atoms with Gasteiger partial charge in [0.1, 0.15) is 22.9 Å². The molecule has 342 valence electrons. The van der Waals surface area contributed by atoms with Crippen molar-refractivity contribution in [3.8, 4) is 17.2 Å². The summed E-state index contributed by atoms with van der Waals surface area (Å²) in [4.78, 5) is 48.1. The minimum Gasteiger partial charge on any atom is -0.375 e. The number of imidazole rings is 1. The summed E-state index contributed by atoms with van der Waals surface area (Å²) in [5.74, 6) is -0.628. The normalized spacial score (nSPS) is 24.9. The van der Waals surface area contributed by atoms with Gasteiger partial charge in [-0.1, -0.05) is 25.1 Å². The fourth-order valence-electron chi connectivity index (χ4n) is 12.3. The molecular weight excluding hydrogens is 859 g/mol. The van der Waals surface area contributed by atoms with Gasteiger partial charge in [0.25, 0.3) is 5.91 Å². The van der Waals surface area contributed by atoms with Crippen LogP contribution in [0.2, 0.25) is 0 Å². The minimum absolute atomic E-state index is 0.0102. The molecule has 15 nitrogen and oxygen atoms in total. The van der Waals surface area contributed by atoms with Gasteiger partial charge in [-0.05, 0) is 129 Å². The number of aromatic nitrogens is 9. The van der Waals surface area contributed by atoms with Crippen LogP contribution in [0, 0.1) is 37.3 Å².